The lowest BCUT2D eigenvalue weighted by atomic mass is 9.96. The van der Waals surface area contributed by atoms with Crippen LogP contribution in [0.15, 0.2) is 29.0 Å². The zero-order chi connectivity index (χ0) is 20.8. The van der Waals surface area contributed by atoms with E-state index in [0.717, 1.165) is 32.5 Å². The molecule has 1 aliphatic heterocycles. The number of rotatable bonds is 8. The molecule has 8 nitrogen and oxygen atoms in total. The second kappa shape index (κ2) is 9.71. The predicted octanol–water partition coefficient (Wildman–Crippen LogP) is 3.32. The number of thiophene rings is 1. The third-order valence-electron chi connectivity index (χ3n) is 5.19. The molecule has 29 heavy (non-hydrogen) atoms. The maximum atomic E-state index is 12.6. The van der Waals surface area contributed by atoms with Crippen molar-refractivity contribution in [2.45, 2.75) is 19.4 Å². The van der Waals surface area contributed by atoms with Crippen molar-refractivity contribution in [1.29, 1.82) is 0 Å². The molecular weight excluding hydrogens is 394 g/mol. The van der Waals surface area contributed by atoms with Gasteiger partial charge in [-0.25, -0.2) is 0 Å². The number of carbonyl (C=O) groups excluding carboxylic acids is 1. The first kappa shape index (κ1) is 21.1. The summed E-state index contributed by atoms with van der Waals surface area (Å²) < 4.78 is 10.3. The number of hydrogen-bond acceptors (Lipinski definition) is 7. The molecule has 0 aliphatic carbocycles. The standard InChI is InChI=1S/C20H25N3O5S/c1-27-18-9-16(17(23(25)26)10-19(18)28-2)20(24)21-11-14-3-6-22(7-4-14)12-15-5-8-29-13-15/h5,8-10,13-14H,3-4,6-7,11-12H2,1-2H3,(H,21,24). The Morgan fingerprint density at radius 2 is 1.97 bits per heavy atom. The highest BCUT2D eigenvalue weighted by Gasteiger charge is 2.26. The van der Waals surface area contributed by atoms with Gasteiger partial charge in [-0.2, -0.15) is 11.3 Å². The van der Waals surface area contributed by atoms with Gasteiger partial charge in [0, 0.05) is 19.2 Å². The van der Waals surface area contributed by atoms with Gasteiger partial charge < -0.3 is 14.8 Å². The summed E-state index contributed by atoms with van der Waals surface area (Å²) in [5, 5.41) is 18.5. The zero-order valence-electron chi connectivity index (χ0n) is 16.6. The summed E-state index contributed by atoms with van der Waals surface area (Å²) in [7, 11) is 2.82. The summed E-state index contributed by atoms with van der Waals surface area (Å²) in [6.45, 7) is 3.41. The molecule has 3 rings (SSSR count). The van der Waals surface area contributed by atoms with Crippen LogP contribution >= 0.6 is 11.3 Å². The zero-order valence-corrected chi connectivity index (χ0v) is 17.4. The minimum atomic E-state index is -0.584. The van der Waals surface area contributed by atoms with Crippen molar-refractivity contribution in [3.8, 4) is 11.5 Å². The summed E-state index contributed by atoms with van der Waals surface area (Å²) >= 11 is 1.71. The highest BCUT2D eigenvalue weighted by atomic mass is 32.1. The molecule has 0 bridgehead atoms. The SMILES string of the molecule is COc1cc(C(=O)NCC2CCN(Cc3ccsc3)CC2)c([N+](=O)[O-])cc1OC. The topological polar surface area (TPSA) is 93.9 Å². The van der Waals surface area contributed by atoms with Gasteiger partial charge in [0.25, 0.3) is 11.6 Å². The van der Waals surface area contributed by atoms with Crippen LogP contribution in [0.4, 0.5) is 5.69 Å². The fourth-order valence-corrected chi connectivity index (χ4v) is 4.18. The quantitative estimate of drug-likeness (QED) is 0.521. The molecule has 2 aromatic rings. The number of ether oxygens (including phenoxy) is 2. The lowest BCUT2D eigenvalue weighted by Gasteiger charge is -2.31. The number of piperidine rings is 1. The van der Waals surface area contributed by atoms with Crippen LogP contribution in [0.3, 0.4) is 0 Å². The number of nitro groups is 1. The summed E-state index contributed by atoms with van der Waals surface area (Å²) in [6.07, 6.45) is 1.97. The van der Waals surface area contributed by atoms with Crippen LogP contribution in [0.5, 0.6) is 11.5 Å². The number of carbonyl (C=O) groups is 1. The molecule has 0 unspecified atom stereocenters. The fraction of sp³-hybridized carbons (Fsp3) is 0.450. The Bertz CT molecular complexity index is 848. The van der Waals surface area contributed by atoms with Crippen molar-refractivity contribution in [2.75, 3.05) is 33.9 Å². The van der Waals surface area contributed by atoms with E-state index in [9.17, 15) is 14.9 Å². The molecule has 0 spiro atoms. The molecule has 0 atom stereocenters. The minimum absolute atomic E-state index is 0.0254. The van der Waals surface area contributed by atoms with E-state index in [1.54, 1.807) is 11.3 Å². The van der Waals surface area contributed by atoms with Gasteiger partial charge in [-0.05, 0) is 54.2 Å². The number of benzene rings is 1. The molecule has 1 N–H and O–H groups in total. The van der Waals surface area contributed by atoms with Crippen molar-refractivity contribution >= 4 is 22.9 Å². The van der Waals surface area contributed by atoms with Crippen LogP contribution < -0.4 is 14.8 Å². The van der Waals surface area contributed by atoms with Crippen LogP contribution in [0.25, 0.3) is 0 Å². The molecule has 9 heteroatoms. The van der Waals surface area contributed by atoms with Gasteiger partial charge in [-0.1, -0.05) is 0 Å². The Morgan fingerprint density at radius 1 is 1.28 bits per heavy atom. The fourth-order valence-electron chi connectivity index (χ4n) is 3.52. The third-order valence-corrected chi connectivity index (χ3v) is 5.92. The number of amides is 1. The van der Waals surface area contributed by atoms with Crippen LogP contribution in [0.1, 0.15) is 28.8 Å². The van der Waals surface area contributed by atoms with E-state index in [4.69, 9.17) is 9.47 Å². The van der Waals surface area contributed by atoms with Crippen LogP contribution in [0.2, 0.25) is 0 Å². The summed E-state index contributed by atoms with van der Waals surface area (Å²) in [6, 6.07) is 4.72. The molecule has 1 aromatic heterocycles. The van der Waals surface area contributed by atoms with Crippen LogP contribution in [-0.4, -0.2) is 49.6 Å². The van der Waals surface area contributed by atoms with Gasteiger partial charge in [0.2, 0.25) is 0 Å². The molecule has 1 aromatic carbocycles. The Kier molecular flexibility index (Phi) is 7.05. The predicted molar refractivity (Wildman–Crippen MR) is 111 cm³/mol. The van der Waals surface area contributed by atoms with E-state index in [1.807, 2.05) is 0 Å². The molecule has 2 heterocycles. The molecule has 1 amide bonds. The van der Waals surface area contributed by atoms with Crippen molar-refractivity contribution in [3.63, 3.8) is 0 Å². The molecule has 1 aliphatic rings. The van der Waals surface area contributed by atoms with Gasteiger partial charge in [-0.3, -0.25) is 19.8 Å². The van der Waals surface area contributed by atoms with Gasteiger partial charge in [0.05, 0.1) is 25.2 Å². The van der Waals surface area contributed by atoms with E-state index in [1.165, 1.54) is 31.9 Å². The maximum Gasteiger partial charge on any atom is 0.286 e. The monoisotopic (exact) mass is 419 g/mol. The van der Waals surface area contributed by atoms with Crippen molar-refractivity contribution in [2.24, 2.45) is 5.92 Å². The molecule has 156 valence electrons. The Morgan fingerprint density at radius 3 is 2.55 bits per heavy atom. The smallest absolute Gasteiger partial charge is 0.286 e. The van der Waals surface area contributed by atoms with Crippen LogP contribution in [-0.2, 0) is 6.54 Å². The highest BCUT2D eigenvalue weighted by molar-refractivity contribution is 7.07. The van der Waals surface area contributed by atoms with Crippen molar-refractivity contribution in [1.82, 2.24) is 10.2 Å². The first-order chi connectivity index (χ1) is 14.0. The first-order valence-corrected chi connectivity index (χ1v) is 10.4. The average Bonchev–Trinajstić information content (AvgIpc) is 3.24. The highest BCUT2D eigenvalue weighted by Crippen LogP contribution is 2.34. The van der Waals surface area contributed by atoms with Gasteiger partial charge >= 0.3 is 0 Å². The summed E-state index contributed by atoms with van der Waals surface area (Å²) in [4.78, 5) is 25.9. The molecule has 0 radical (unpaired) electrons. The number of nitrogens with one attached hydrogen (secondary N) is 1. The van der Waals surface area contributed by atoms with Gasteiger partial charge in [-0.15, -0.1) is 0 Å². The van der Waals surface area contributed by atoms with Crippen molar-refractivity contribution < 1.29 is 19.2 Å². The average molecular weight is 420 g/mol. The Labute approximate surface area is 173 Å². The number of nitrogens with zero attached hydrogens (tertiary/aromatic N) is 2. The first-order valence-electron chi connectivity index (χ1n) is 9.43. The lowest BCUT2D eigenvalue weighted by Crippen LogP contribution is -2.38. The van der Waals surface area contributed by atoms with E-state index >= 15 is 0 Å². The van der Waals surface area contributed by atoms with Crippen molar-refractivity contribution in [3.05, 3.63) is 50.2 Å². The number of hydrogen-bond donors (Lipinski definition) is 1. The number of likely N-dealkylation sites (tertiary alicyclic amines) is 1. The molecular formula is C20H25N3O5S. The van der Waals surface area contributed by atoms with E-state index < -0.39 is 10.8 Å². The minimum Gasteiger partial charge on any atom is -0.493 e. The number of nitro benzene ring substituents is 1. The van der Waals surface area contributed by atoms with Gasteiger partial charge in [0.1, 0.15) is 5.56 Å². The Balaban J connectivity index is 1.57. The molecule has 1 saturated heterocycles. The third kappa shape index (κ3) is 5.24. The summed E-state index contributed by atoms with van der Waals surface area (Å²) in [5.41, 5.74) is 1.01. The molecule has 0 saturated carbocycles. The van der Waals surface area contributed by atoms with Crippen LogP contribution in [0, 0.1) is 16.0 Å². The largest absolute Gasteiger partial charge is 0.493 e. The molecule has 1 fully saturated rings. The Hall–Kier alpha value is -2.65. The maximum absolute atomic E-state index is 12.6. The van der Waals surface area contributed by atoms with Gasteiger partial charge in [0.15, 0.2) is 11.5 Å². The second-order valence-corrected chi connectivity index (χ2v) is 7.82. The normalized spacial score (nSPS) is 15.1. The second-order valence-electron chi connectivity index (χ2n) is 7.04. The van der Waals surface area contributed by atoms with E-state index in [-0.39, 0.29) is 22.7 Å². The lowest BCUT2D eigenvalue weighted by molar-refractivity contribution is -0.385. The van der Waals surface area contributed by atoms with E-state index in [0.29, 0.717) is 12.5 Å². The van der Waals surface area contributed by atoms with E-state index in [2.05, 4.69) is 27.0 Å². The summed E-state index contributed by atoms with van der Waals surface area (Å²) in [5.74, 6) is 0.383. The number of methoxy groups -OCH3 is 2.